The van der Waals surface area contributed by atoms with E-state index in [9.17, 15) is 23.1 Å². The number of carboxylic acids is 1. The number of halogens is 3. The van der Waals surface area contributed by atoms with Crippen molar-refractivity contribution in [1.82, 2.24) is 20.2 Å². The van der Waals surface area contributed by atoms with E-state index in [0.717, 1.165) is 4.68 Å². The molecule has 21 heavy (non-hydrogen) atoms. The molecule has 110 valence electrons. The largest absolute Gasteiger partial charge is 0.479 e. The van der Waals surface area contributed by atoms with Gasteiger partial charge in [0.15, 0.2) is 11.4 Å². The van der Waals surface area contributed by atoms with E-state index in [1.54, 1.807) is 0 Å². The van der Waals surface area contributed by atoms with Crippen LogP contribution in [0.3, 0.4) is 0 Å². The van der Waals surface area contributed by atoms with Crippen LogP contribution in [0.25, 0.3) is 11.4 Å². The zero-order chi connectivity index (χ0) is 15.2. The molecule has 2 aromatic rings. The summed E-state index contributed by atoms with van der Waals surface area (Å²) in [6.45, 7) is 0. The van der Waals surface area contributed by atoms with Gasteiger partial charge in [-0.25, -0.2) is 22.6 Å². The zero-order valence-electron chi connectivity index (χ0n) is 10.6. The summed E-state index contributed by atoms with van der Waals surface area (Å²) < 4.78 is 41.5. The Labute approximate surface area is 116 Å². The minimum atomic E-state index is -1.41. The van der Waals surface area contributed by atoms with Crippen molar-refractivity contribution in [3.63, 3.8) is 0 Å². The maximum atomic E-state index is 13.8. The quantitative estimate of drug-likeness (QED) is 0.933. The Hall–Kier alpha value is -2.45. The summed E-state index contributed by atoms with van der Waals surface area (Å²) in [6, 6.07) is 0.983. The Balaban J connectivity index is 2.19. The average Bonchev–Trinajstić information content (AvgIpc) is 2.75. The van der Waals surface area contributed by atoms with Gasteiger partial charge >= 0.3 is 5.97 Å². The number of rotatable bonds is 3. The molecule has 9 heteroatoms. The topological polar surface area (TPSA) is 80.9 Å². The van der Waals surface area contributed by atoms with Crippen LogP contribution in [-0.4, -0.2) is 31.3 Å². The molecule has 0 saturated heterocycles. The molecular weight excluding hydrogens is 289 g/mol. The highest BCUT2D eigenvalue weighted by Crippen LogP contribution is 2.41. The van der Waals surface area contributed by atoms with Crippen molar-refractivity contribution in [1.29, 1.82) is 0 Å². The molecule has 0 bridgehead atoms. The van der Waals surface area contributed by atoms with Crippen molar-refractivity contribution in [2.24, 2.45) is 0 Å². The fourth-order valence-electron chi connectivity index (χ4n) is 2.42. The number of aliphatic carboxylic acids is 1. The van der Waals surface area contributed by atoms with Gasteiger partial charge in [0.1, 0.15) is 17.5 Å². The second-order valence-electron chi connectivity index (χ2n) is 4.85. The van der Waals surface area contributed by atoms with Crippen LogP contribution in [0.4, 0.5) is 13.2 Å². The van der Waals surface area contributed by atoms with E-state index in [0.29, 0.717) is 18.6 Å². The van der Waals surface area contributed by atoms with Crippen LogP contribution in [0.2, 0.25) is 0 Å². The Morgan fingerprint density at radius 2 is 1.86 bits per heavy atom. The molecular formula is C12H9F3N4O2. The summed E-state index contributed by atoms with van der Waals surface area (Å²) in [5.74, 6) is -5.01. The monoisotopic (exact) mass is 298 g/mol. The summed E-state index contributed by atoms with van der Waals surface area (Å²) in [5, 5.41) is 19.7. The molecule has 0 radical (unpaired) electrons. The zero-order valence-corrected chi connectivity index (χ0v) is 10.6. The normalized spacial score (nSPS) is 16.5. The lowest BCUT2D eigenvalue weighted by atomic mass is 9.76. The lowest BCUT2D eigenvalue weighted by Crippen LogP contribution is -2.48. The number of carboxylic acid groups (broad SMARTS) is 1. The van der Waals surface area contributed by atoms with E-state index in [1.165, 1.54) is 0 Å². The molecule has 1 N–H and O–H groups in total. The van der Waals surface area contributed by atoms with Crippen LogP contribution >= 0.6 is 0 Å². The smallest absolute Gasteiger partial charge is 0.331 e. The summed E-state index contributed by atoms with van der Waals surface area (Å²) in [5.41, 5.74) is -2.06. The molecule has 6 nitrogen and oxygen atoms in total. The predicted molar refractivity (Wildman–Crippen MR) is 62.6 cm³/mol. The average molecular weight is 298 g/mol. The summed E-state index contributed by atoms with van der Waals surface area (Å²) in [6.07, 6.45) is 1.15. The van der Waals surface area contributed by atoms with Crippen LogP contribution in [0.1, 0.15) is 19.3 Å². The lowest BCUT2D eigenvalue weighted by molar-refractivity contribution is -0.153. The summed E-state index contributed by atoms with van der Waals surface area (Å²) >= 11 is 0. The number of hydrogen-bond donors (Lipinski definition) is 1. The first-order valence-electron chi connectivity index (χ1n) is 6.13. The van der Waals surface area contributed by atoms with E-state index < -0.39 is 34.5 Å². The van der Waals surface area contributed by atoms with Gasteiger partial charge in [-0.15, -0.1) is 5.10 Å². The number of tetrazole rings is 1. The highest BCUT2D eigenvalue weighted by molar-refractivity contribution is 5.78. The van der Waals surface area contributed by atoms with Crippen LogP contribution in [0.5, 0.6) is 0 Å². The van der Waals surface area contributed by atoms with E-state index in [1.807, 2.05) is 0 Å². The lowest BCUT2D eigenvalue weighted by Gasteiger charge is -2.37. The number of aromatic nitrogens is 4. The molecule has 1 fully saturated rings. The molecule has 1 aromatic carbocycles. The fraction of sp³-hybridized carbons (Fsp3) is 0.333. The van der Waals surface area contributed by atoms with Crippen molar-refractivity contribution in [3.05, 3.63) is 29.6 Å². The van der Waals surface area contributed by atoms with Crippen LogP contribution in [-0.2, 0) is 10.3 Å². The third kappa shape index (κ3) is 1.88. The molecule has 0 atom stereocenters. The fourth-order valence-corrected chi connectivity index (χ4v) is 2.42. The number of nitrogens with zero attached hydrogens (tertiary/aromatic N) is 4. The minimum absolute atomic E-state index is 0.255. The van der Waals surface area contributed by atoms with Gasteiger partial charge < -0.3 is 5.11 Å². The second kappa shape index (κ2) is 4.54. The van der Waals surface area contributed by atoms with Crippen LogP contribution in [0.15, 0.2) is 12.1 Å². The van der Waals surface area contributed by atoms with Gasteiger partial charge in [-0.1, -0.05) is 0 Å². The molecule has 1 aromatic heterocycles. The Kier molecular flexibility index (Phi) is 2.92. The van der Waals surface area contributed by atoms with Crippen molar-refractivity contribution >= 4 is 5.97 Å². The maximum absolute atomic E-state index is 13.8. The Morgan fingerprint density at radius 1 is 1.24 bits per heavy atom. The van der Waals surface area contributed by atoms with Crippen LogP contribution < -0.4 is 0 Å². The Morgan fingerprint density at radius 3 is 2.33 bits per heavy atom. The van der Waals surface area contributed by atoms with Gasteiger partial charge in [0.2, 0.25) is 0 Å². The van der Waals surface area contributed by atoms with Crippen molar-refractivity contribution in [2.45, 2.75) is 24.8 Å². The van der Waals surface area contributed by atoms with Gasteiger partial charge in [-0.05, 0) is 29.7 Å². The highest BCUT2D eigenvalue weighted by atomic mass is 19.1. The SMILES string of the molecule is O=C(O)C1(n2nnnc2-c2c(F)cc(F)cc2F)CCC1. The van der Waals surface area contributed by atoms with Crippen molar-refractivity contribution < 1.29 is 23.1 Å². The van der Waals surface area contributed by atoms with E-state index in [-0.39, 0.29) is 18.7 Å². The van der Waals surface area contributed by atoms with E-state index >= 15 is 0 Å². The van der Waals surface area contributed by atoms with Gasteiger partial charge in [0.25, 0.3) is 0 Å². The number of benzene rings is 1. The van der Waals surface area contributed by atoms with E-state index in [2.05, 4.69) is 15.5 Å². The molecule has 3 rings (SSSR count). The summed E-state index contributed by atoms with van der Waals surface area (Å²) in [7, 11) is 0. The molecule has 1 aliphatic carbocycles. The number of carbonyl (C=O) groups is 1. The molecule has 0 aliphatic heterocycles. The van der Waals surface area contributed by atoms with Gasteiger partial charge in [0.05, 0.1) is 5.56 Å². The third-order valence-electron chi connectivity index (χ3n) is 3.68. The molecule has 1 heterocycles. The van der Waals surface area contributed by atoms with E-state index in [4.69, 9.17) is 0 Å². The third-order valence-corrected chi connectivity index (χ3v) is 3.68. The predicted octanol–water partition coefficient (Wildman–Crippen LogP) is 1.72. The minimum Gasteiger partial charge on any atom is -0.479 e. The molecule has 1 aliphatic rings. The first-order valence-corrected chi connectivity index (χ1v) is 6.13. The van der Waals surface area contributed by atoms with Gasteiger partial charge in [0, 0.05) is 12.1 Å². The molecule has 0 spiro atoms. The Bertz CT molecular complexity index is 704. The number of hydrogen-bond acceptors (Lipinski definition) is 4. The van der Waals surface area contributed by atoms with Crippen molar-refractivity contribution in [2.75, 3.05) is 0 Å². The standard InChI is InChI=1S/C12H9F3N4O2/c13-6-4-7(14)9(8(15)5-6)10-16-17-18-19(10)12(11(20)21)2-1-3-12/h4-5H,1-3H2,(H,20,21). The second-order valence-corrected chi connectivity index (χ2v) is 4.85. The first kappa shape index (κ1) is 13.5. The first-order chi connectivity index (χ1) is 9.95. The van der Waals surface area contributed by atoms with Gasteiger partial charge in [-0.3, -0.25) is 0 Å². The van der Waals surface area contributed by atoms with Crippen molar-refractivity contribution in [3.8, 4) is 11.4 Å². The molecule has 0 amide bonds. The molecule has 1 saturated carbocycles. The maximum Gasteiger partial charge on any atom is 0.331 e. The summed E-state index contributed by atoms with van der Waals surface area (Å²) in [4.78, 5) is 11.4. The molecule has 0 unspecified atom stereocenters. The highest BCUT2D eigenvalue weighted by Gasteiger charge is 2.49. The van der Waals surface area contributed by atoms with Gasteiger partial charge in [-0.2, -0.15) is 0 Å². The van der Waals surface area contributed by atoms with Crippen LogP contribution in [0, 0.1) is 17.5 Å².